The summed E-state index contributed by atoms with van der Waals surface area (Å²) >= 11 is 0. The van der Waals surface area contributed by atoms with Crippen molar-refractivity contribution in [3.05, 3.63) is 30.2 Å². The fraction of sp³-hybridized carbons (Fsp3) is 0.125. The lowest BCUT2D eigenvalue weighted by molar-refractivity contribution is 0.100. The minimum Gasteiger partial charge on any atom is -0.291 e. The van der Waals surface area contributed by atoms with Crippen LogP contribution in [0.25, 0.3) is 5.65 Å². The Labute approximate surface area is 68.8 Å². The molecule has 2 aromatic heterocycles. The zero-order valence-corrected chi connectivity index (χ0v) is 6.56. The van der Waals surface area contributed by atoms with Gasteiger partial charge in [-0.05, 0) is 12.1 Å². The van der Waals surface area contributed by atoms with E-state index in [1.54, 1.807) is 16.8 Å². The number of fused-ring (bicyclic) bond motifs is 1. The fourth-order valence-electron chi connectivity index (χ4n) is 0.981. The van der Waals surface area contributed by atoms with Crippen LogP contribution in [0.2, 0.25) is 0 Å². The number of carbonyl (C=O) groups is 1. The van der Waals surface area contributed by atoms with Crippen molar-refractivity contribution in [1.29, 1.82) is 0 Å². The molecule has 0 spiro atoms. The van der Waals surface area contributed by atoms with E-state index in [9.17, 15) is 4.79 Å². The molecule has 2 rings (SSSR count). The lowest BCUT2D eigenvalue weighted by Gasteiger charge is -1.84. The summed E-state index contributed by atoms with van der Waals surface area (Å²) in [5, 5.41) is 3.97. The molecule has 4 heteroatoms. The van der Waals surface area contributed by atoms with E-state index >= 15 is 0 Å². The van der Waals surface area contributed by atoms with Crippen LogP contribution in [0.15, 0.2) is 24.4 Å². The molecule has 0 aliphatic rings. The van der Waals surface area contributed by atoms with Gasteiger partial charge in [-0.2, -0.15) is 0 Å². The van der Waals surface area contributed by atoms with Crippen molar-refractivity contribution in [3.63, 3.8) is 0 Å². The number of aromatic nitrogens is 3. The van der Waals surface area contributed by atoms with Crippen LogP contribution in [0.3, 0.4) is 0 Å². The predicted octanol–water partition coefficient (Wildman–Crippen LogP) is 0.932. The first-order chi connectivity index (χ1) is 5.77. The maximum absolute atomic E-state index is 10.9. The first kappa shape index (κ1) is 6.97. The molecule has 12 heavy (non-hydrogen) atoms. The van der Waals surface area contributed by atoms with Crippen molar-refractivity contribution in [1.82, 2.24) is 14.6 Å². The summed E-state index contributed by atoms with van der Waals surface area (Å²) in [6.45, 7) is 1.45. The van der Waals surface area contributed by atoms with Gasteiger partial charge in [0.1, 0.15) is 0 Å². The number of ketones is 1. The molecule has 0 atom stereocenters. The monoisotopic (exact) mass is 161 g/mol. The van der Waals surface area contributed by atoms with E-state index in [4.69, 9.17) is 0 Å². The van der Waals surface area contributed by atoms with E-state index in [2.05, 4.69) is 10.1 Å². The zero-order valence-electron chi connectivity index (χ0n) is 6.56. The van der Waals surface area contributed by atoms with E-state index in [0.29, 0.717) is 5.65 Å². The number of pyridine rings is 1. The highest BCUT2D eigenvalue weighted by Crippen LogP contribution is 2.00. The topological polar surface area (TPSA) is 47.3 Å². The van der Waals surface area contributed by atoms with Gasteiger partial charge >= 0.3 is 0 Å². The quantitative estimate of drug-likeness (QED) is 0.584. The smallest absolute Gasteiger partial charge is 0.217 e. The van der Waals surface area contributed by atoms with E-state index in [1.165, 1.54) is 6.92 Å². The number of Topliss-reactive ketones (excluding diaryl/α,β-unsaturated/α-hetero) is 1. The minimum absolute atomic E-state index is 0.112. The van der Waals surface area contributed by atoms with Crippen molar-refractivity contribution in [2.75, 3.05) is 0 Å². The Hall–Kier alpha value is -1.71. The Kier molecular flexibility index (Phi) is 1.40. The van der Waals surface area contributed by atoms with E-state index < -0.39 is 0 Å². The molecule has 0 saturated carbocycles. The van der Waals surface area contributed by atoms with Crippen LogP contribution in [-0.2, 0) is 0 Å². The highest BCUT2D eigenvalue weighted by atomic mass is 16.1. The number of nitrogens with zero attached hydrogens (tertiary/aromatic N) is 3. The third-order valence-corrected chi connectivity index (χ3v) is 1.56. The van der Waals surface area contributed by atoms with Crippen LogP contribution >= 0.6 is 0 Å². The first-order valence-corrected chi connectivity index (χ1v) is 3.60. The average molecular weight is 161 g/mol. The summed E-state index contributed by atoms with van der Waals surface area (Å²) in [6, 6.07) is 5.50. The van der Waals surface area contributed by atoms with E-state index in [0.717, 1.165) is 0 Å². The molecule has 0 N–H and O–H groups in total. The molecular formula is C8H7N3O. The zero-order chi connectivity index (χ0) is 8.55. The number of hydrogen-bond donors (Lipinski definition) is 0. The summed E-state index contributed by atoms with van der Waals surface area (Å²) in [6.07, 6.45) is 1.76. The Morgan fingerprint density at radius 3 is 3.00 bits per heavy atom. The van der Waals surface area contributed by atoms with Crippen molar-refractivity contribution < 1.29 is 4.79 Å². The van der Waals surface area contributed by atoms with Gasteiger partial charge in [0.25, 0.3) is 0 Å². The van der Waals surface area contributed by atoms with Gasteiger partial charge in [-0.3, -0.25) is 4.79 Å². The summed E-state index contributed by atoms with van der Waals surface area (Å²) < 4.78 is 1.58. The Morgan fingerprint density at radius 2 is 2.33 bits per heavy atom. The van der Waals surface area contributed by atoms with E-state index in [1.807, 2.05) is 12.1 Å². The van der Waals surface area contributed by atoms with Gasteiger partial charge < -0.3 is 0 Å². The molecule has 0 amide bonds. The molecule has 2 heterocycles. The molecule has 0 aliphatic carbocycles. The van der Waals surface area contributed by atoms with Gasteiger partial charge in [-0.1, -0.05) is 6.07 Å². The standard InChI is InChI=1S/C8H7N3O/c1-6(12)8-9-7-4-2-3-5-11(7)10-8/h2-5H,1H3. The molecule has 0 radical (unpaired) electrons. The second kappa shape index (κ2) is 2.41. The molecule has 0 aromatic carbocycles. The van der Waals surface area contributed by atoms with Crippen LogP contribution in [0.4, 0.5) is 0 Å². The highest BCUT2D eigenvalue weighted by molar-refractivity contribution is 5.90. The average Bonchev–Trinajstić information content (AvgIpc) is 2.46. The maximum atomic E-state index is 10.9. The van der Waals surface area contributed by atoms with Gasteiger partial charge in [0.2, 0.25) is 5.82 Å². The van der Waals surface area contributed by atoms with Crippen LogP contribution in [0.5, 0.6) is 0 Å². The Morgan fingerprint density at radius 1 is 1.50 bits per heavy atom. The molecule has 0 bridgehead atoms. The molecular weight excluding hydrogens is 154 g/mol. The van der Waals surface area contributed by atoms with Gasteiger partial charge in [0.05, 0.1) is 0 Å². The largest absolute Gasteiger partial charge is 0.291 e. The molecule has 2 aromatic rings. The Bertz CT molecular complexity index is 400. The maximum Gasteiger partial charge on any atom is 0.217 e. The molecule has 0 unspecified atom stereocenters. The van der Waals surface area contributed by atoms with Gasteiger partial charge in [0, 0.05) is 13.1 Å². The minimum atomic E-state index is -0.112. The molecule has 0 saturated heterocycles. The SMILES string of the molecule is CC(=O)c1nc2ccccn2n1. The second-order valence-corrected chi connectivity index (χ2v) is 2.50. The summed E-state index contributed by atoms with van der Waals surface area (Å²) in [7, 11) is 0. The fourth-order valence-corrected chi connectivity index (χ4v) is 0.981. The van der Waals surface area contributed by atoms with Crippen LogP contribution < -0.4 is 0 Å². The summed E-state index contributed by atoms with van der Waals surface area (Å²) in [5.41, 5.74) is 0.697. The Balaban J connectivity index is 2.70. The molecule has 60 valence electrons. The van der Waals surface area contributed by atoms with Gasteiger partial charge in [-0.15, -0.1) is 5.10 Å². The normalized spacial score (nSPS) is 10.4. The van der Waals surface area contributed by atoms with Crippen LogP contribution in [-0.4, -0.2) is 20.4 Å². The number of carbonyl (C=O) groups excluding carboxylic acids is 1. The van der Waals surface area contributed by atoms with Crippen molar-refractivity contribution in [3.8, 4) is 0 Å². The van der Waals surface area contributed by atoms with Crippen LogP contribution in [0.1, 0.15) is 17.5 Å². The van der Waals surface area contributed by atoms with Crippen molar-refractivity contribution in [2.24, 2.45) is 0 Å². The third kappa shape index (κ3) is 0.972. The van der Waals surface area contributed by atoms with Crippen molar-refractivity contribution >= 4 is 11.4 Å². The van der Waals surface area contributed by atoms with Gasteiger partial charge in [0.15, 0.2) is 11.4 Å². The second-order valence-electron chi connectivity index (χ2n) is 2.50. The molecule has 0 fully saturated rings. The van der Waals surface area contributed by atoms with Crippen molar-refractivity contribution in [2.45, 2.75) is 6.92 Å². The first-order valence-electron chi connectivity index (χ1n) is 3.60. The summed E-state index contributed by atoms with van der Waals surface area (Å²) in [5.74, 6) is 0.153. The van der Waals surface area contributed by atoms with Gasteiger partial charge in [-0.25, -0.2) is 9.50 Å². The lowest BCUT2D eigenvalue weighted by atomic mass is 10.4. The lowest BCUT2D eigenvalue weighted by Crippen LogP contribution is -1.95. The highest BCUT2D eigenvalue weighted by Gasteiger charge is 2.05. The molecule has 0 aliphatic heterocycles. The van der Waals surface area contributed by atoms with Crippen LogP contribution in [0, 0.1) is 0 Å². The predicted molar refractivity (Wildman–Crippen MR) is 43.0 cm³/mol. The molecule has 4 nitrogen and oxygen atoms in total. The van der Waals surface area contributed by atoms with E-state index in [-0.39, 0.29) is 11.6 Å². The number of rotatable bonds is 1. The summed E-state index contributed by atoms with van der Waals surface area (Å²) in [4.78, 5) is 14.9. The number of hydrogen-bond acceptors (Lipinski definition) is 3. The third-order valence-electron chi connectivity index (χ3n) is 1.56.